The Labute approximate surface area is 167 Å². The number of sulfone groups is 1. The van der Waals surface area contributed by atoms with Crippen molar-refractivity contribution < 1.29 is 17.6 Å². The van der Waals surface area contributed by atoms with Gasteiger partial charge in [0.25, 0.3) is 5.91 Å². The molecule has 8 heteroatoms. The standard InChI is InChI=1S/C20H19FN2O3S2/c1-13-2-4-14(5-3-13)10-19(24)22-20-23(16-8-6-15(21)7-9-16)17-11-28(25,26)12-18(17)27-20/h2-9,17-18H,10-12H2,1H3/t17-,18-/m1/s1. The molecule has 0 spiro atoms. The van der Waals surface area contributed by atoms with Crippen LogP contribution in [0.4, 0.5) is 10.1 Å². The predicted octanol–water partition coefficient (Wildman–Crippen LogP) is 2.98. The number of benzene rings is 2. The molecule has 0 aromatic heterocycles. The highest BCUT2D eigenvalue weighted by Gasteiger charge is 2.49. The van der Waals surface area contributed by atoms with E-state index in [-0.39, 0.29) is 40.9 Å². The van der Waals surface area contributed by atoms with Gasteiger partial charge in [0, 0.05) is 10.9 Å². The molecular weight excluding hydrogens is 399 g/mol. The second-order valence-electron chi connectivity index (χ2n) is 7.10. The first-order chi connectivity index (χ1) is 13.3. The van der Waals surface area contributed by atoms with Gasteiger partial charge >= 0.3 is 0 Å². The summed E-state index contributed by atoms with van der Waals surface area (Å²) in [6, 6.07) is 13.2. The molecule has 2 heterocycles. The number of aryl methyl sites for hydroxylation is 1. The van der Waals surface area contributed by atoms with Gasteiger partial charge in [0.05, 0.1) is 24.0 Å². The maximum absolute atomic E-state index is 13.3. The van der Waals surface area contributed by atoms with Crippen molar-refractivity contribution in [2.24, 2.45) is 4.99 Å². The Hall–Kier alpha value is -2.19. The second kappa shape index (κ2) is 7.33. The normalized spacial score (nSPS) is 24.5. The van der Waals surface area contributed by atoms with Gasteiger partial charge < -0.3 is 4.90 Å². The number of hydrogen-bond acceptors (Lipinski definition) is 4. The lowest BCUT2D eigenvalue weighted by atomic mass is 10.1. The van der Waals surface area contributed by atoms with Crippen LogP contribution in [0.1, 0.15) is 11.1 Å². The molecule has 0 bridgehead atoms. The van der Waals surface area contributed by atoms with Gasteiger partial charge in [-0.3, -0.25) is 4.79 Å². The zero-order valence-corrected chi connectivity index (χ0v) is 16.8. The van der Waals surface area contributed by atoms with Crippen molar-refractivity contribution in [3.63, 3.8) is 0 Å². The van der Waals surface area contributed by atoms with E-state index in [1.165, 1.54) is 23.9 Å². The number of amidine groups is 1. The zero-order valence-electron chi connectivity index (χ0n) is 15.2. The summed E-state index contributed by atoms with van der Waals surface area (Å²) >= 11 is 1.31. The highest BCUT2D eigenvalue weighted by molar-refractivity contribution is 8.16. The number of hydrogen-bond donors (Lipinski definition) is 0. The third-order valence-corrected chi connectivity index (χ3v) is 8.08. The molecule has 2 aliphatic rings. The Morgan fingerprint density at radius 2 is 1.82 bits per heavy atom. The number of nitrogens with zero attached hydrogens (tertiary/aromatic N) is 2. The van der Waals surface area contributed by atoms with Crippen molar-refractivity contribution in [2.45, 2.75) is 24.6 Å². The first-order valence-electron chi connectivity index (χ1n) is 8.90. The Morgan fingerprint density at radius 1 is 1.14 bits per heavy atom. The fourth-order valence-corrected chi connectivity index (χ4v) is 7.43. The first-order valence-corrected chi connectivity index (χ1v) is 11.6. The second-order valence-corrected chi connectivity index (χ2v) is 10.5. The maximum Gasteiger partial charge on any atom is 0.252 e. The molecular formula is C20H19FN2O3S2. The molecule has 146 valence electrons. The molecule has 0 saturated carbocycles. The topological polar surface area (TPSA) is 66.8 Å². The third kappa shape index (κ3) is 3.98. The number of anilines is 1. The number of amides is 1. The quantitative estimate of drug-likeness (QED) is 0.767. The Morgan fingerprint density at radius 3 is 2.50 bits per heavy atom. The van der Waals surface area contributed by atoms with Crippen molar-refractivity contribution >= 4 is 38.4 Å². The fourth-order valence-electron chi connectivity index (χ4n) is 3.49. The van der Waals surface area contributed by atoms with Crippen molar-refractivity contribution in [3.8, 4) is 0 Å². The van der Waals surface area contributed by atoms with Crippen LogP contribution in [0.25, 0.3) is 0 Å². The van der Waals surface area contributed by atoms with Gasteiger partial charge in [-0.2, -0.15) is 4.99 Å². The zero-order chi connectivity index (χ0) is 19.9. The molecule has 2 aromatic rings. The van der Waals surface area contributed by atoms with E-state index in [2.05, 4.69) is 4.99 Å². The van der Waals surface area contributed by atoms with E-state index >= 15 is 0 Å². The minimum atomic E-state index is -3.14. The van der Waals surface area contributed by atoms with E-state index < -0.39 is 9.84 Å². The summed E-state index contributed by atoms with van der Waals surface area (Å²) in [6.45, 7) is 1.98. The number of carbonyl (C=O) groups excluding carboxylic acids is 1. The van der Waals surface area contributed by atoms with Gasteiger partial charge in [0.15, 0.2) is 15.0 Å². The predicted molar refractivity (Wildman–Crippen MR) is 110 cm³/mol. The van der Waals surface area contributed by atoms with Crippen LogP contribution >= 0.6 is 11.8 Å². The van der Waals surface area contributed by atoms with Gasteiger partial charge in [-0.1, -0.05) is 41.6 Å². The van der Waals surface area contributed by atoms with Crippen LogP contribution in [-0.4, -0.2) is 42.3 Å². The monoisotopic (exact) mass is 418 g/mol. The summed E-state index contributed by atoms with van der Waals surface area (Å²) in [5.74, 6) is -0.597. The molecule has 2 fully saturated rings. The van der Waals surface area contributed by atoms with Crippen molar-refractivity contribution in [2.75, 3.05) is 16.4 Å². The van der Waals surface area contributed by atoms with E-state index in [4.69, 9.17) is 0 Å². The minimum absolute atomic E-state index is 0.00716. The van der Waals surface area contributed by atoms with Crippen LogP contribution < -0.4 is 4.90 Å². The Balaban J connectivity index is 1.62. The van der Waals surface area contributed by atoms with Crippen LogP contribution in [0.3, 0.4) is 0 Å². The Bertz CT molecular complexity index is 1030. The van der Waals surface area contributed by atoms with Crippen LogP contribution in [0.5, 0.6) is 0 Å². The molecule has 2 atom stereocenters. The van der Waals surface area contributed by atoms with E-state index in [1.54, 1.807) is 17.0 Å². The number of rotatable bonds is 3. The summed E-state index contributed by atoms with van der Waals surface area (Å²) < 4.78 is 37.5. The van der Waals surface area contributed by atoms with Crippen LogP contribution in [-0.2, 0) is 21.1 Å². The van der Waals surface area contributed by atoms with Gasteiger partial charge in [-0.15, -0.1) is 0 Å². The highest BCUT2D eigenvalue weighted by Crippen LogP contribution is 2.41. The summed E-state index contributed by atoms with van der Waals surface area (Å²) in [7, 11) is -3.14. The van der Waals surface area contributed by atoms with Crippen molar-refractivity contribution in [1.29, 1.82) is 0 Å². The highest BCUT2D eigenvalue weighted by atomic mass is 32.2. The molecule has 0 unspecified atom stereocenters. The molecule has 0 radical (unpaired) electrons. The third-order valence-electron chi connectivity index (χ3n) is 4.87. The summed E-state index contributed by atoms with van der Waals surface area (Å²) in [4.78, 5) is 18.6. The summed E-state index contributed by atoms with van der Waals surface area (Å²) in [5, 5.41) is 0.301. The van der Waals surface area contributed by atoms with Crippen LogP contribution in [0.15, 0.2) is 53.5 Å². The fraction of sp³-hybridized carbons (Fsp3) is 0.300. The van der Waals surface area contributed by atoms with Crippen molar-refractivity contribution in [1.82, 2.24) is 0 Å². The molecule has 0 N–H and O–H groups in total. The van der Waals surface area contributed by atoms with Crippen LogP contribution in [0, 0.1) is 12.7 Å². The largest absolute Gasteiger partial charge is 0.316 e. The van der Waals surface area contributed by atoms with Crippen LogP contribution in [0.2, 0.25) is 0 Å². The average Bonchev–Trinajstić information content (AvgIpc) is 3.09. The smallest absolute Gasteiger partial charge is 0.252 e. The van der Waals surface area contributed by atoms with E-state index in [1.807, 2.05) is 31.2 Å². The molecule has 1 amide bonds. The number of halogens is 1. The Kier molecular flexibility index (Phi) is 5.01. The van der Waals surface area contributed by atoms with Gasteiger partial charge in [-0.05, 0) is 36.8 Å². The SMILES string of the molecule is Cc1ccc(CC(=O)N=C2S[C@@H]3CS(=O)(=O)C[C@H]3N2c2ccc(F)cc2)cc1. The van der Waals surface area contributed by atoms with Gasteiger partial charge in [-0.25, -0.2) is 12.8 Å². The molecule has 2 aromatic carbocycles. The van der Waals surface area contributed by atoms with E-state index in [0.717, 1.165) is 11.1 Å². The van der Waals surface area contributed by atoms with Gasteiger partial charge in [0.2, 0.25) is 0 Å². The lowest BCUT2D eigenvalue weighted by Crippen LogP contribution is -2.37. The van der Waals surface area contributed by atoms with Gasteiger partial charge in [0.1, 0.15) is 5.82 Å². The lowest BCUT2D eigenvalue weighted by molar-refractivity contribution is -0.117. The average molecular weight is 419 g/mol. The maximum atomic E-state index is 13.3. The molecule has 5 nitrogen and oxygen atoms in total. The van der Waals surface area contributed by atoms with E-state index in [9.17, 15) is 17.6 Å². The molecule has 0 aliphatic carbocycles. The molecule has 2 saturated heterocycles. The van der Waals surface area contributed by atoms with Crippen molar-refractivity contribution in [3.05, 3.63) is 65.5 Å². The minimum Gasteiger partial charge on any atom is -0.316 e. The number of fused-ring (bicyclic) bond motifs is 1. The molecule has 28 heavy (non-hydrogen) atoms. The molecule has 4 rings (SSSR count). The lowest BCUT2D eigenvalue weighted by Gasteiger charge is -2.24. The number of carbonyl (C=O) groups is 1. The summed E-state index contributed by atoms with van der Waals surface area (Å²) in [5.41, 5.74) is 2.63. The number of aliphatic imine (C=N–C) groups is 1. The first kappa shape index (κ1) is 19.1. The number of thioether (sulfide) groups is 1. The molecule has 2 aliphatic heterocycles. The van der Waals surface area contributed by atoms with E-state index in [0.29, 0.717) is 10.9 Å². The summed E-state index contributed by atoms with van der Waals surface area (Å²) in [6.07, 6.45) is 0.176.